The average Bonchev–Trinajstić information content (AvgIpc) is 2.89. The molecule has 0 saturated carbocycles. The summed E-state index contributed by atoms with van der Waals surface area (Å²) in [4.78, 5) is 10.0. The van der Waals surface area contributed by atoms with E-state index in [0.717, 1.165) is 26.2 Å². The molecule has 0 radical (unpaired) electrons. The van der Waals surface area contributed by atoms with Crippen molar-refractivity contribution in [1.82, 2.24) is 15.2 Å². The van der Waals surface area contributed by atoms with E-state index < -0.39 is 0 Å². The van der Waals surface area contributed by atoms with Crippen LogP contribution < -0.4 is 5.32 Å². The molecule has 106 valence electrons. The summed E-state index contributed by atoms with van der Waals surface area (Å²) in [5.41, 5.74) is 2.48. The topological polar surface area (TPSA) is 28.2 Å². The quantitative estimate of drug-likeness (QED) is 0.941. The van der Waals surface area contributed by atoms with Crippen molar-refractivity contribution in [2.75, 3.05) is 26.2 Å². The second-order valence-corrected chi connectivity index (χ2v) is 6.66. The molecule has 3 nitrogen and oxygen atoms in total. The minimum Gasteiger partial charge on any atom is -0.314 e. The first-order chi connectivity index (χ1) is 9.75. The van der Waals surface area contributed by atoms with Gasteiger partial charge in [-0.05, 0) is 37.6 Å². The van der Waals surface area contributed by atoms with Crippen molar-refractivity contribution < 1.29 is 0 Å². The molecule has 20 heavy (non-hydrogen) atoms. The van der Waals surface area contributed by atoms with Gasteiger partial charge in [0.25, 0.3) is 0 Å². The Labute approximate surface area is 124 Å². The van der Waals surface area contributed by atoms with Crippen LogP contribution in [0.3, 0.4) is 0 Å². The van der Waals surface area contributed by atoms with Crippen LogP contribution in [0.1, 0.15) is 27.1 Å². The van der Waals surface area contributed by atoms with Gasteiger partial charge in [-0.1, -0.05) is 6.07 Å². The van der Waals surface area contributed by atoms with E-state index in [0.29, 0.717) is 6.04 Å². The van der Waals surface area contributed by atoms with Crippen molar-refractivity contribution in [3.8, 4) is 0 Å². The molecule has 0 bridgehead atoms. The number of thiophene rings is 1. The molecule has 0 amide bonds. The number of nitrogens with zero attached hydrogens (tertiary/aromatic N) is 2. The van der Waals surface area contributed by atoms with Gasteiger partial charge in [0, 0.05) is 42.1 Å². The van der Waals surface area contributed by atoms with Gasteiger partial charge in [0.15, 0.2) is 0 Å². The van der Waals surface area contributed by atoms with Crippen molar-refractivity contribution in [3.63, 3.8) is 0 Å². The minimum absolute atomic E-state index is 0.303. The van der Waals surface area contributed by atoms with E-state index in [1.54, 1.807) is 0 Å². The number of piperazine rings is 1. The van der Waals surface area contributed by atoms with Gasteiger partial charge in [0.2, 0.25) is 0 Å². The highest BCUT2D eigenvalue weighted by Crippen LogP contribution is 2.33. The third-order valence-corrected chi connectivity index (χ3v) is 4.91. The first-order valence-corrected chi connectivity index (χ1v) is 8.00. The second-order valence-electron chi connectivity index (χ2n) is 5.34. The normalized spacial score (nSPS) is 18.1. The Morgan fingerprint density at radius 3 is 2.65 bits per heavy atom. The molecular formula is C16H21N3S. The highest BCUT2D eigenvalue weighted by molar-refractivity contribution is 7.12. The lowest BCUT2D eigenvalue weighted by Gasteiger charge is -2.34. The van der Waals surface area contributed by atoms with E-state index in [4.69, 9.17) is 0 Å². The Balaban J connectivity index is 2.01. The van der Waals surface area contributed by atoms with E-state index in [9.17, 15) is 0 Å². The van der Waals surface area contributed by atoms with Gasteiger partial charge in [-0.15, -0.1) is 11.3 Å². The first kappa shape index (κ1) is 13.7. The SMILES string of the molecule is Cc1ccc(C(c2ncccc2C)N2CCNCC2)s1. The molecule has 0 aliphatic carbocycles. The monoisotopic (exact) mass is 287 g/mol. The van der Waals surface area contributed by atoms with Crippen LogP contribution in [0.2, 0.25) is 0 Å². The van der Waals surface area contributed by atoms with Gasteiger partial charge in [-0.25, -0.2) is 0 Å². The third-order valence-electron chi connectivity index (χ3n) is 3.86. The van der Waals surface area contributed by atoms with Gasteiger partial charge in [0.05, 0.1) is 11.7 Å². The Morgan fingerprint density at radius 1 is 1.20 bits per heavy atom. The van der Waals surface area contributed by atoms with Crippen molar-refractivity contribution in [1.29, 1.82) is 0 Å². The summed E-state index contributed by atoms with van der Waals surface area (Å²) in [5.74, 6) is 0. The maximum Gasteiger partial charge on any atom is 0.0873 e. The molecule has 1 atom stereocenters. The van der Waals surface area contributed by atoms with Crippen molar-refractivity contribution in [3.05, 3.63) is 51.5 Å². The number of hydrogen-bond donors (Lipinski definition) is 1. The maximum atomic E-state index is 4.68. The van der Waals surface area contributed by atoms with Gasteiger partial charge in [-0.3, -0.25) is 9.88 Å². The van der Waals surface area contributed by atoms with Crippen LogP contribution in [0.25, 0.3) is 0 Å². The van der Waals surface area contributed by atoms with Gasteiger partial charge in [-0.2, -0.15) is 0 Å². The predicted octanol–water partition coefficient (Wildman–Crippen LogP) is 2.75. The number of aromatic nitrogens is 1. The predicted molar refractivity (Wildman–Crippen MR) is 84.3 cm³/mol. The molecule has 3 heterocycles. The minimum atomic E-state index is 0.303. The van der Waals surface area contributed by atoms with Crippen LogP contribution in [0.15, 0.2) is 30.5 Å². The van der Waals surface area contributed by atoms with E-state index in [1.165, 1.54) is 21.0 Å². The molecule has 3 rings (SSSR count). The van der Waals surface area contributed by atoms with Crippen LogP contribution in [0.4, 0.5) is 0 Å². The summed E-state index contributed by atoms with van der Waals surface area (Å²) in [6.07, 6.45) is 1.91. The number of aryl methyl sites for hydroxylation is 2. The maximum absolute atomic E-state index is 4.68. The summed E-state index contributed by atoms with van der Waals surface area (Å²) >= 11 is 1.89. The van der Waals surface area contributed by atoms with Crippen molar-refractivity contribution in [2.24, 2.45) is 0 Å². The molecule has 1 aliphatic heterocycles. The van der Waals surface area contributed by atoms with E-state index in [2.05, 4.69) is 47.2 Å². The average molecular weight is 287 g/mol. The standard InChI is InChI=1S/C16H21N3S/c1-12-4-3-7-18-15(12)16(14-6-5-13(2)20-14)19-10-8-17-9-11-19/h3-7,16-17H,8-11H2,1-2H3. The highest BCUT2D eigenvalue weighted by Gasteiger charge is 2.27. The molecule has 1 saturated heterocycles. The smallest absolute Gasteiger partial charge is 0.0873 e. The Bertz CT molecular complexity index is 573. The van der Waals surface area contributed by atoms with Crippen LogP contribution >= 0.6 is 11.3 Å². The lowest BCUT2D eigenvalue weighted by Crippen LogP contribution is -2.45. The summed E-state index contributed by atoms with van der Waals surface area (Å²) in [6.45, 7) is 8.63. The molecular weight excluding hydrogens is 266 g/mol. The number of rotatable bonds is 3. The fourth-order valence-corrected chi connectivity index (χ4v) is 3.83. The van der Waals surface area contributed by atoms with Crippen LogP contribution in [-0.2, 0) is 0 Å². The van der Waals surface area contributed by atoms with Crippen molar-refractivity contribution in [2.45, 2.75) is 19.9 Å². The van der Waals surface area contributed by atoms with Crippen LogP contribution in [-0.4, -0.2) is 36.1 Å². The fraction of sp³-hybridized carbons (Fsp3) is 0.438. The number of hydrogen-bond acceptors (Lipinski definition) is 4. The lowest BCUT2D eigenvalue weighted by molar-refractivity contribution is 0.197. The van der Waals surface area contributed by atoms with Crippen LogP contribution in [0.5, 0.6) is 0 Å². The Morgan fingerprint density at radius 2 is 2.00 bits per heavy atom. The van der Waals surface area contributed by atoms with Crippen molar-refractivity contribution >= 4 is 11.3 Å². The van der Waals surface area contributed by atoms with E-state index in [1.807, 2.05) is 23.6 Å². The highest BCUT2D eigenvalue weighted by atomic mass is 32.1. The van der Waals surface area contributed by atoms with Crippen LogP contribution in [0, 0.1) is 13.8 Å². The largest absolute Gasteiger partial charge is 0.314 e. The van der Waals surface area contributed by atoms with E-state index in [-0.39, 0.29) is 0 Å². The second kappa shape index (κ2) is 6.04. The number of pyridine rings is 1. The van der Waals surface area contributed by atoms with E-state index >= 15 is 0 Å². The zero-order chi connectivity index (χ0) is 13.9. The zero-order valence-corrected chi connectivity index (χ0v) is 12.9. The van der Waals surface area contributed by atoms with Gasteiger partial charge in [0.1, 0.15) is 0 Å². The summed E-state index contributed by atoms with van der Waals surface area (Å²) in [5, 5.41) is 3.43. The lowest BCUT2D eigenvalue weighted by atomic mass is 10.0. The zero-order valence-electron chi connectivity index (χ0n) is 12.1. The van der Waals surface area contributed by atoms with Gasteiger partial charge >= 0.3 is 0 Å². The first-order valence-electron chi connectivity index (χ1n) is 7.18. The Hall–Kier alpha value is -1.23. The Kier molecular flexibility index (Phi) is 4.15. The summed E-state index contributed by atoms with van der Waals surface area (Å²) < 4.78 is 0. The fourth-order valence-electron chi connectivity index (χ4n) is 2.81. The molecule has 1 aliphatic rings. The molecule has 0 spiro atoms. The molecule has 1 N–H and O–H groups in total. The molecule has 4 heteroatoms. The molecule has 2 aromatic rings. The van der Waals surface area contributed by atoms with Gasteiger partial charge < -0.3 is 5.32 Å². The molecule has 0 aromatic carbocycles. The molecule has 1 unspecified atom stereocenters. The molecule has 2 aromatic heterocycles. The molecule has 1 fully saturated rings. The third kappa shape index (κ3) is 2.77. The number of nitrogens with one attached hydrogen (secondary N) is 1. The summed E-state index contributed by atoms with van der Waals surface area (Å²) in [6, 6.07) is 8.97. The summed E-state index contributed by atoms with van der Waals surface area (Å²) in [7, 11) is 0.